The van der Waals surface area contributed by atoms with Crippen molar-refractivity contribution in [2.75, 3.05) is 13.4 Å². The number of fused-ring (bicyclic) bond motifs is 1. The minimum atomic E-state index is -3.35. The van der Waals surface area contributed by atoms with Gasteiger partial charge in [0.15, 0.2) is 9.84 Å². The normalized spacial score (nSPS) is 11.6. The van der Waals surface area contributed by atoms with Gasteiger partial charge >= 0.3 is 5.97 Å². The number of nitrogens with zero attached hydrogens (tertiary/aromatic N) is 1. The third kappa shape index (κ3) is 4.09. The van der Waals surface area contributed by atoms with E-state index in [2.05, 4.69) is 0 Å². The van der Waals surface area contributed by atoms with Gasteiger partial charge in [0.1, 0.15) is 5.69 Å². The average Bonchev–Trinajstić information content (AvgIpc) is 3.29. The van der Waals surface area contributed by atoms with Gasteiger partial charge in [0.2, 0.25) is 0 Å². The maximum atomic E-state index is 13.5. The van der Waals surface area contributed by atoms with Crippen LogP contribution in [0, 0.1) is 0 Å². The Morgan fingerprint density at radius 3 is 2.41 bits per heavy atom. The molecular weight excluding hydrogens is 470 g/mol. The average molecular weight is 488 g/mol. The van der Waals surface area contributed by atoms with Crippen LogP contribution in [0.15, 0.2) is 69.0 Å². The van der Waals surface area contributed by atoms with E-state index in [1.807, 2.05) is 16.8 Å². The molecule has 0 amide bonds. The molecule has 0 aliphatic heterocycles. The Labute approximate surface area is 193 Å². The first kappa shape index (κ1) is 22.3. The first-order valence-corrected chi connectivity index (χ1v) is 12.7. The molecule has 2 aromatic carbocycles. The molecular formula is C23H18ClNO5S2. The van der Waals surface area contributed by atoms with Crippen LogP contribution in [0.3, 0.4) is 0 Å². The second kappa shape index (κ2) is 8.54. The summed E-state index contributed by atoms with van der Waals surface area (Å²) in [5.41, 5.74) is 1.72. The summed E-state index contributed by atoms with van der Waals surface area (Å²) in [6.45, 7) is 0.0585. The maximum absolute atomic E-state index is 13.5. The Morgan fingerprint density at radius 2 is 1.81 bits per heavy atom. The van der Waals surface area contributed by atoms with Crippen LogP contribution in [-0.4, -0.2) is 32.3 Å². The standard InChI is InChI=1S/C23H18ClNO5S2/c1-30-23(27)21-20(15-9-10-31-13-15)19-11-16(24)5-8-18(19)22(26)25(21)12-14-3-6-17(7-4-14)32(2,28)29/h3-11,13H,12H2,1-2H3. The summed E-state index contributed by atoms with van der Waals surface area (Å²) in [5, 5.41) is 5.18. The molecule has 0 N–H and O–H groups in total. The van der Waals surface area contributed by atoms with Gasteiger partial charge < -0.3 is 4.74 Å². The molecule has 2 aromatic heterocycles. The Hall–Kier alpha value is -2.94. The van der Waals surface area contributed by atoms with Crippen molar-refractivity contribution in [1.82, 2.24) is 4.57 Å². The molecule has 164 valence electrons. The van der Waals surface area contributed by atoms with Crippen molar-refractivity contribution in [3.8, 4) is 11.1 Å². The number of hydrogen-bond donors (Lipinski definition) is 0. The van der Waals surface area contributed by atoms with Gasteiger partial charge in [-0.3, -0.25) is 9.36 Å². The minimum absolute atomic E-state index is 0.0585. The summed E-state index contributed by atoms with van der Waals surface area (Å²) in [7, 11) is -2.09. The van der Waals surface area contributed by atoms with Gasteiger partial charge in [0, 0.05) is 22.2 Å². The van der Waals surface area contributed by atoms with Gasteiger partial charge in [-0.25, -0.2) is 13.2 Å². The van der Waals surface area contributed by atoms with Crippen molar-refractivity contribution >= 4 is 49.5 Å². The molecule has 0 spiro atoms. The van der Waals surface area contributed by atoms with E-state index in [0.29, 0.717) is 26.9 Å². The van der Waals surface area contributed by atoms with E-state index in [0.717, 1.165) is 11.8 Å². The van der Waals surface area contributed by atoms with Crippen molar-refractivity contribution in [3.63, 3.8) is 0 Å². The largest absolute Gasteiger partial charge is 0.464 e. The fourth-order valence-electron chi connectivity index (χ4n) is 3.60. The van der Waals surface area contributed by atoms with Crippen LogP contribution < -0.4 is 5.56 Å². The number of carbonyl (C=O) groups is 1. The van der Waals surface area contributed by atoms with E-state index >= 15 is 0 Å². The van der Waals surface area contributed by atoms with Crippen molar-refractivity contribution < 1.29 is 17.9 Å². The zero-order valence-corrected chi connectivity index (χ0v) is 19.6. The van der Waals surface area contributed by atoms with E-state index in [4.69, 9.17) is 16.3 Å². The van der Waals surface area contributed by atoms with Gasteiger partial charge in [-0.05, 0) is 63.7 Å². The van der Waals surface area contributed by atoms with Crippen LogP contribution in [0.2, 0.25) is 5.02 Å². The number of thiophene rings is 1. The van der Waals surface area contributed by atoms with E-state index in [-0.39, 0.29) is 22.7 Å². The molecule has 0 atom stereocenters. The summed E-state index contributed by atoms with van der Waals surface area (Å²) in [6, 6.07) is 13.0. The fraction of sp³-hybridized carbons (Fsp3) is 0.130. The lowest BCUT2D eigenvalue weighted by Gasteiger charge is -2.18. The molecule has 0 fully saturated rings. The van der Waals surface area contributed by atoms with Crippen LogP contribution >= 0.6 is 22.9 Å². The molecule has 0 saturated carbocycles. The van der Waals surface area contributed by atoms with E-state index in [1.54, 1.807) is 30.3 Å². The molecule has 4 rings (SSSR count). The van der Waals surface area contributed by atoms with Gasteiger partial charge in [0.25, 0.3) is 5.56 Å². The highest BCUT2D eigenvalue weighted by Gasteiger charge is 2.24. The van der Waals surface area contributed by atoms with Crippen LogP contribution in [0.4, 0.5) is 0 Å². The van der Waals surface area contributed by atoms with E-state index in [1.165, 1.54) is 35.1 Å². The second-order valence-corrected chi connectivity index (χ2v) is 10.5. The SMILES string of the molecule is COC(=O)c1c(-c2ccsc2)c2cc(Cl)ccc2c(=O)n1Cc1ccc(S(C)(=O)=O)cc1. The van der Waals surface area contributed by atoms with Gasteiger partial charge in [0.05, 0.1) is 18.6 Å². The van der Waals surface area contributed by atoms with Crippen molar-refractivity contribution in [1.29, 1.82) is 0 Å². The summed E-state index contributed by atoms with van der Waals surface area (Å²) in [5.74, 6) is -0.655. The van der Waals surface area contributed by atoms with Crippen molar-refractivity contribution in [3.05, 3.63) is 85.9 Å². The predicted molar refractivity (Wildman–Crippen MR) is 127 cm³/mol. The van der Waals surface area contributed by atoms with Crippen LogP contribution in [-0.2, 0) is 21.1 Å². The lowest BCUT2D eigenvalue weighted by atomic mass is 9.98. The fourth-order valence-corrected chi connectivity index (χ4v) is 5.05. The van der Waals surface area contributed by atoms with Gasteiger partial charge in [-0.2, -0.15) is 11.3 Å². The zero-order valence-electron chi connectivity index (χ0n) is 17.2. The molecule has 0 aliphatic carbocycles. The monoisotopic (exact) mass is 487 g/mol. The Morgan fingerprint density at radius 1 is 1.09 bits per heavy atom. The molecule has 0 bridgehead atoms. The van der Waals surface area contributed by atoms with Crippen LogP contribution in [0.5, 0.6) is 0 Å². The quantitative estimate of drug-likeness (QED) is 0.383. The number of benzene rings is 2. The summed E-state index contributed by atoms with van der Waals surface area (Å²) < 4.78 is 29.9. The number of halogens is 1. The van der Waals surface area contributed by atoms with Crippen LogP contribution in [0.1, 0.15) is 16.1 Å². The van der Waals surface area contributed by atoms with Gasteiger partial charge in [-0.15, -0.1) is 0 Å². The molecule has 2 heterocycles. The maximum Gasteiger partial charge on any atom is 0.355 e. The highest BCUT2D eigenvalue weighted by molar-refractivity contribution is 7.90. The number of ether oxygens (including phenoxy) is 1. The number of pyridine rings is 1. The third-order valence-electron chi connectivity index (χ3n) is 5.11. The minimum Gasteiger partial charge on any atom is -0.464 e. The summed E-state index contributed by atoms with van der Waals surface area (Å²) in [4.78, 5) is 26.5. The zero-order chi connectivity index (χ0) is 23.0. The lowest BCUT2D eigenvalue weighted by molar-refractivity contribution is 0.0588. The molecule has 32 heavy (non-hydrogen) atoms. The molecule has 0 aliphatic rings. The molecule has 0 radical (unpaired) electrons. The summed E-state index contributed by atoms with van der Waals surface area (Å²) >= 11 is 7.68. The van der Waals surface area contributed by atoms with E-state index < -0.39 is 15.8 Å². The number of carbonyl (C=O) groups excluding carboxylic acids is 1. The van der Waals surface area contributed by atoms with E-state index in [9.17, 15) is 18.0 Å². The lowest BCUT2D eigenvalue weighted by Crippen LogP contribution is -2.28. The first-order chi connectivity index (χ1) is 15.2. The molecule has 9 heteroatoms. The highest BCUT2D eigenvalue weighted by Crippen LogP contribution is 2.34. The van der Waals surface area contributed by atoms with Crippen molar-refractivity contribution in [2.45, 2.75) is 11.4 Å². The Kier molecular flexibility index (Phi) is 5.94. The molecule has 6 nitrogen and oxygen atoms in total. The number of esters is 1. The molecule has 0 unspecified atom stereocenters. The molecule has 4 aromatic rings. The van der Waals surface area contributed by atoms with Crippen LogP contribution in [0.25, 0.3) is 21.9 Å². The topological polar surface area (TPSA) is 82.4 Å². The number of methoxy groups -OCH3 is 1. The second-order valence-electron chi connectivity index (χ2n) is 7.22. The van der Waals surface area contributed by atoms with Gasteiger partial charge in [-0.1, -0.05) is 23.7 Å². The number of sulfone groups is 1. The highest BCUT2D eigenvalue weighted by atomic mass is 35.5. The Balaban J connectivity index is 2.02. The Bertz CT molecular complexity index is 1490. The predicted octanol–water partition coefficient (Wildman–Crippen LogP) is 4.62. The number of rotatable bonds is 5. The van der Waals surface area contributed by atoms with Crippen molar-refractivity contribution in [2.24, 2.45) is 0 Å². The number of aromatic nitrogens is 1. The summed E-state index contributed by atoms with van der Waals surface area (Å²) in [6.07, 6.45) is 1.13. The smallest absolute Gasteiger partial charge is 0.355 e. The number of hydrogen-bond acceptors (Lipinski definition) is 6. The first-order valence-electron chi connectivity index (χ1n) is 9.46. The third-order valence-corrected chi connectivity index (χ3v) is 7.16. The molecule has 0 saturated heterocycles.